The van der Waals surface area contributed by atoms with E-state index < -0.39 is 22.0 Å². The number of rotatable bonds is 7. The Labute approximate surface area is 90.9 Å². The van der Waals surface area contributed by atoms with Gasteiger partial charge in [-0.3, -0.25) is 4.79 Å². The molecule has 0 fully saturated rings. The van der Waals surface area contributed by atoms with Crippen LogP contribution in [0.3, 0.4) is 0 Å². The predicted octanol–water partition coefficient (Wildman–Crippen LogP) is 0.815. The standard InChI is InChI=1S/C9H19NO4S/c1-4-5-15(13,14)10-8(9(11)12)6-7(2)3/h7-8,10H,4-6H2,1-3H3,(H,11,12)/t8-/m1/s1. The Balaban J connectivity index is 4.48. The molecular formula is C9H19NO4S. The van der Waals surface area contributed by atoms with Gasteiger partial charge < -0.3 is 5.11 Å². The molecule has 0 aliphatic carbocycles. The Morgan fingerprint density at radius 1 is 1.40 bits per heavy atom. The Morgan fingerprint density at radius 3 is 2.27 bits per heavy atom. The summed E-state index contributed by atoms with van der Waals surface area (Å²) in [7, 11) is -3.45. The van der Waals surface area contributed by atoms with Gasteiger partial charge in [-0.15, -0.1) is 0 Å². The summed E-state index contributed by atoms with van der Waals surface area (Å²) in [5, 5.41) is 8.83. The fourth-order valence-corrected chi connectivity index (χ4v) is 2.50. The minimum absolute atomic E-state index is 0.0329. The highest BCUT2D eigenvalue weighted by Crippen LogP contribution is 2.06. The van der Waals surface area contributed by atoms with Gasteiger partial charge in [-0.2, -0.15) is 0 Å². The largest absolute Gasteiger partial charge is 0.480 e. The van der Waals surface area contributed by atoms with Gasteiger partial charge in [0.1, 0.15) is 6.04 Å². The SMILES string of the molecule is CCCS(=O)(=O)N[C@H](CC(C)C)C(=O)O. The number of carboxylic acid groups (broad SMARTS) is 1. The van der Waals surface area contributed by atoms with E-state index in [0.29, 0.717) is 12.8 Å². The van der Waals surface area contributed by atoms with Crippen molar-refractivity contribution in [2.24, 2.45) is 5.92 Å². The zero-order valence-electron chi connectivity index (χ0n) is 9.36. The third-order valence-corrected chi connectivity index (χ3v) is 3.39. The Morgan fingerprint density at radius 2 is 1.93 bits per heavy atom. The lowest BCUT2D eigenvalue weighted by atomic mass is 10.1. The quantitative estimate of drug-likeness (QED) is 0.686. The zero-order valence-corrected chi connectivity index (χ0v) is 10.2. The number of carbonyl (C=O) groups is 1. The van der Waals surface area contributed by atoms with Crippen LogP contribution in [0.1, 0.15) is 33.6 Å². The maximum Gasteiger partial charge on any atom is 0.321 e. The summed E-state index contributed by atoms with van der Waals surface area (Å²) >= 11 is 0. The van der Waals surface area contributed by atoms with Gasteiger partial charge in [-0.25, -0.2) is 13.1 Å². The Hall–Kier alpha value is -0.620. The molecule has 2 N–H and O–H groups in total. The van der Waals surface area contributed by atoms with E-state index in [-0.39, 0.29) is 11.7 Å². The first-order valence-corrected chi connectivity index (χ1v) is 6.66. The van der Waals surface area contributed by atoms with Gasteiger partial charge in [-0.1, -0.05) is 20.8 Å². The van der Waals surface area contributed by atoms with Crippen molar-refractivity contribution >= 4 is 16.0 Å². The van der Waals surface area contributed by atoms with Gasteiger partial charge in [0.2, 0.25) is 10.0 Å². The second kappa shape index (κ2) is 6.07. The summed E-state index contributed by atoms with van der Waals surface area (Å²) < 4.78 is 24.9. The highest BCUT2D eigenvalue weighted by atomic mass is 32.2. The van der Waals surface area contributed by atoms with E-state index in [1.165, 1.54) is 0 Å². The van der Waals surface area contributed by atoms with Gasteiger partial charge >= 0.3 is 5.97 Å². The Bertz CT molecular complexity index is 297. The molecule has 15 heavy (non-hydrogen) atoms. The lowest BCUT2D eigenvalue weighted by molar-refractivity contribution is -0.139. The van der Waals surface area contributed by atoms with Gasteiger partial charge in [0.25, 0.3) is 0 Å². The van der Waals surface area contributed by atoms with Gasteiger partial charge in [-0.05, 0) is 18.8 Å². The molecule has 0 heterocycles. The summed E-state index contributed by atoms with van der Waals surface area (Å²) in [4.78, 5) is 10.8. The van der Waals surface area contributed by atoms with Crippen molar-refractivity contribution in [3.8, 4) is 0 Å². The fourth-order valence-electron chi connectivity index (χ4n) is 1.22. The lowest BCUT2D eigenvalue weighted by Gasteiger charge is -2.16. The monoisotopic (exact) mass is 237 g/mol. The van der Waals surface area contributed by atoms with Crippen molar-refractivity contribution < 1.29 is 18.3 Å². The van der Waals surface area contributed by atoms with E-state index in [1.807, 2.05) is 13.8 Å². The topological polar surface area (TPSA) is 83.5 Å². The predicted molar refractivity (Wildman–Crippen MR) is 58.1 cm³/mol. The van der Waals surface area contributed by atoms with Gasteiger partial charge in [0.05, 0.1) is 5.75 Å². The van der Waals surface area contributed by atoms with Crippen LogP contribution in [-0.4, -0.2) is 31.3 Å². The molecule has 0 saturated carbocycles. The van der Waals surface area contributed by atoms with Crippen LogP contribution in [0, 0.1) is 5.92 Å². The van der Waals surface area contributed by atoms with Crippen molar-refractivity contribution in [1.29, 1.82) is 0 Å². The summed E-state index contributed by atoms with van der Waals surface area (Å²) in [6.45, 7) is 5.44. The Kier molecular flexibility index (Phi) is 5.82. The van der Waals surface area contributed by atoms with Crippen LogP contribution < -0.4 is 4.72 Å². The average molecular weight is 237 g/mol. The summed E-state index contributed by atoms with van der Waals surface area (Å²) in [6, 6.07) is -1.01. The first kappa shape index (κ1) is 14.4. The molecule has 0 aliphatic rings. The number of hydrogen-bond donors (Lipinski definition) is 2. The maximum atomic E-state index is 11.4. The molecule has 0 amide bonds. The van der Waals surface area contributed by atoms with Gasteiger partial charge in [0.15, 0.2) is 0 Å². The van der Waals surface area contributed by atoms with E-state index in [0.717, 1.165) is 0 Å². The normalized spacial score (nSPS) is 14.1. The van der Waals surface area contributed by atoms with Crippen molar-refractivity contribution in [3.63, 3.8) is 0 Å². The van der Waals surface area contributed by atoms with Crippen LogP contribution in [0.4, 0.5) is 0 Å². The van der Waals surface area contributed by atoms with Crippen LogP contribution in [0.15, 0.2) is 0 Å². The molecule has 0 bridgehead atoms. The minimum Gasteiger partial charge on any atom is -0.480 e. The van der Waals surface area contributed by atoms with Crippen LogP contribution in [-0.2, 0) is 14.8 Å². The molecule has 1 atom stereocenters. The van der Waals surface area contributed by atoms with Crippen molar-refractivity contribution in [2.75, 3.05) is 5.75 Å². The van der Waals surface area contributed by atoms with Crippen molar-refractivity contribution in [1.82, 2.24) is 4.72 Å². The fraction of sp³-hybridized carbons (Fsp3) is 0.889. The van der Waals surface area contributed by atoms with E-state index in [4.69, 9.17) is 5.11 Å². The third-order valence-electron chi connectivity index (χ3n) is 1.80. The van der Waals surface area contributed by atoms with Crippen molar-refractivity contribution in [2.45, 2.75) is 39.7 Å². The summed E-state index contributed by atoms with van der Waals surface area (Å²) in [5.41, 5.74) is 0. The number of sulfonamides is 1. The number of aliphatic carboxylic acids is 1. The van der Waals surface area contributed by atoms with Crippen LogP contribution in [0.25, 0.3) is 0 Å². The number of nitrogens with one attached hydrogen (secondary N) is 1. The molecule has 0 rings (SSSR count). The summed E-state index contributed by atoms with van der Waals surface area (Å²) in [6.07, 6.45) is 0.779. The maximum absolute atomic E-state index is 11.4. The highest BCUT2D eigenvalue weighted by Gasteiger charge is 2.23. The molecule has 6 heteroatoms. The molecule has 0 aromatic heterocycles. The molecule has 90 valence electrons. The minimum atomic E-state index is -3.45. The van der Waals surface area contributed by atoms with E-state index >= 15 is 0 Å². The molecule has 0 aliphatic heterocycles. The molecule has 0 radical (unpaired) electrons. The molecule has 0 aromatic carbocycles. The molecule has 0 saturated heterocycles. The number of hydrogen-bond acceptors (Lipinski definition) is 3. The molecule has 0 unspecified atom stereocenters. The highest BCUT2D eigenvalue weighted by molar-refractivity contribution is 7.89. The second-order valence-corrected chi connectivity index (χ2v) is 5.83. The third kappa shape index (κ3) is 6.46. The van der Waals surface area contributed by atoms with E-state index in [2.05, 4.69) is 4.72 Å². The zero-order chi connectivity index (χ0) is 12.1. The average Bonchev–Trinajstić information content (AvgIpc) is 2.00. The van der Waals surface area contributed by atoms with Crippen LogP contribution in [0.5, 0.6) is 0 Å². The summed E-state index contributed by atoms with van der Waals surface area (Å²) in [5.74, 6) is -1.02. The first-order valence-electron chi connectivity index (χ1n) is 5.01. The van der Waals surface area contributed by atoms with Crippen molar-refractivity contribution in [3.05, 3.63) is 0 Å². The first-order chi connectivity index (χ1) is 6.78. The molecule has 5 nitrogen and oxygen atoms in total. The van der Waals surface area contributed by atoms with Gasteiger partial charge in [0, 0.05) is 0 Å². The van der Waals surface area contributed by atoms with Crippen LogP contribution >= 0.6 is 0 Å². The lowest BCUT2D eigenvalue weighted by Crippen LogP contribution is -2.42. The molecule has 0 spiro atoms. The van der Waals surface area contributed by atoms with Crippen LogP contribution in [0.2, 0.25) is 0 Å². The molecule has 0 aromatic rings. The van der Waals surface area contributed by atoms with E-state index in [1.54, 1.807) is 6.92 Å². The van der Waals surface area contributed by atoms with E-state index in [9.17, 15) is 13.2 Å². The molecular weight excluding hydrogens is 218 g/mol. The second-order valence-electron chi connectivity index (χ2n) is 3.96. The smallest absolute Gasteiger partial charge is 0.321 e. The number of carboxylic acids is 1.